The molecule has 2 aromatic heterocycles. The zero-order chi connectivity index (χ0) is 24.4. The van der Waals surface area contributed by atoms with Crippen LogP contribution in [0.5, 0.6) is 5.75 Å². The largest absolute Gasteiger partial charge is 0.485 e. The van der Waals surface area contributed by atoms with Crippen molar-refractivity contribution in [1.82, 2.24) is 19.7 Å². The minimum absolute atomic E-state index is 0.292. The summed E-state index contributed by atoms with van der Waals surface area (Å²) >= 11 is 0. The average Bonchev–Trinajstić information content (AvgIpc) is 3.62. The number of aromatic nitrogens is 3. The van der Waals surface area contributed by atoms with Crippen LogP contribution >= 0.6 is 0 Å². The van der Waals surface area contributed by atoms with E-state index in [1.165, 1.54) is 0 Å². The highest BCUT2D eigenvalue weighted by molar-refractivity contribution is 5.65. The lowest BCUT2D eigenvalue weighted by molar-refractivity contribution is 0.0980. The number of pyridine rings is 1. The summed E-state index contributed by atoms with van der Waals surface area (Å²) in [5, 5.41) is 15.1. The molecule has 2 fully saturated rings. The van der Waals surface area contributed by atoms with Gasteiger partial charge in [0.15, 0.2) is 11.6 Å². The van der Waals surface area contributed by atoms with Crippen LogP contribution in [0.3, 0.4) is 0 Å². The minimum atomic E-state index is -0.922. The predicted octanol–water partition coefficient (Wildman–Crippen LogP) is 3.89. The second-order valence-corrected chi connectivity index (χ2v) is 10.0. The van der Waals surface area contributed by atoms with Gasteiger partial charge in [-0.25, -0.2) is 4.98 Å². The maximum absolute atomic E-state index is 10.4. The van der Waals surface area contributed by atoms with Crippen molar-refractivity contribution in [3.05, 3.63) is 60.0 Å². The monoisotopic (exact) mass is 471 g/mol. The van der Waals surface area contributed by atoms with Crippen LogP contribution in [0.4, 0.5) is 5.82 Å². The number of rotatable bonds is 6. The topological polar surface area (TPSA) is 89.4 Å². The maximum atomic E-state index is 10.4. The lowest BCUT2D eigenvalue weighted by Gasteiger charge is -2.28. The molecule has 3 aromatic rings. The number of nitrogens with zero attached hydrogens (tertiary/aromatic N) is 4. The highest BCUT2D eigenvalue weighted by Gasteiger charge is 2.38. The lowest BCUT2D eigenvalue weighted by Crippen LogP contribution is -2.31. The quantitative estimate of drug-likeness (QED) is 0.531. The van der Waals surface area contributed by atoms with Crippen molar-refractivity contribution in [1.29, 1.82) is 0 Å². The van der Waals surface area contributed by atoms with E-state index >= 15 is 0 Å². The molecule has 182 valence electrons. The third kappa shape index (κ3) is 5.67. The fourth-order valence-electron chi connectivity index (χ4n) is 4.52. The Hall–Kier alpha value is -3.34. The molecule has 3 N–H and O–H groups in total. The molecule has 1 atom stereocenters. The number of hydrogen-bond acceptors (Lipinski definition) is 6. The molecule has 0 bridgehead atoms. The molecular weight excluding hydrogens is 438 g/mol. The summed E-state index contributed by atoms with van der Waals surface area (Å²) in [7, 11) is 2.16. The van der Waals surface area contributed by atoms with E-state index in [9.17, 15) is 5.11 Å². The van der Waals surface area contributed by atoms with Gasteiger partial charge in [0.1, 0.15) is 12.2 Å². The summed E-state index contributed by atoms with van der Waals surface area (Å²) in [6, 6.07) is 10.2. The van der Waals surface area contributed by atoms with Crippen LogP contribution in [0.15, 0.2) is 48.9 Å². The number of benzene rings is 1. The average molecular weight is 472 g/mol. The minimum Gasteiger partial charge on any atom is -0.485 e. The van der Waals surface area contributed by atoms with Crippen LogP contribution in [0.1, 0.15) is 49.8 Å². The summed E-state index contributed by atoms with van der Waals surface area (Å²) < 4.78 is 8.13. The number of likely N-dealkylation sites (tertiary alicyclic amines) is 1. The van der Waals surface area contributed by atoms with Crippen molar-refractivity contribution in [2.24, 2.45) is 5.92 Å². The Morgan fingerprint density at radius 3 is 2.71 bits per heavy atom. The first kappa shape index (κ1) is 23.4. The van der Waals surface area contributed by atoms with Crippen LogP contribution in [0.2, 0.25) is 0 Å². The van der Waals surface area contributed by atoms with E-state index in [0.29, 0.717) is 30.1 Å². The van der Waals surface area contributed by atoms with Gasteiger partial charge in [0, 0.05) is 29.1 Å². The number of hydrogen-bond donors (Lipinski definition) is 2. The van der Waals surface area contributed by atoms with Crippen molar-refractivity contribution in [3.63, 3.8) is 0 Å². The zero-order valence-electron chi connectivity index (χ0n) is 20.4. The van der Waals surface area contributed by atoms with Crippen LogP contribution < -0.4 is 10.5 Å². The standard InChI is InChI=1S/C28H33N5O2/c1-28(34,24-6-7-24)11-8-20-4-3-5-21(14-20)19-35-26-15-22(16-30-27(26)29)23-17-31-33(18-23)25-9-12-32(2)13-10-25/h3-5,14-18,24-25,34H,6-7,9-10,12-13,19H2,1-2H3,(H2,29,30). The fraction of sp³-hybridized carbons (Fsp3) is 0.429. The number of nitrogens with two attached hydrogens (primary N) is 1. The normalized spacial score (nSPS) is 18.5. The van der Waals surface area contributed by atoms with E-state index in [4.69, 9.17) is 10.5 Å². The Morgan fingerprint density at radius 1 is 1.14 bits per heavy atom. The lowest BCUT2D eigenvalue weighted by atomic mass is 10.0. The summed E-state index contributed by atoms with van der Waals surface area (Å²) in [6.07, 6.45) is 10.0. The number of nitrogen functional groups attached to an aromatic ring is 1. The molecule has 0 amide bonds. The smallest absolute Gasteiger partial charge is 0.166 e. The van der Waals surface area contributed by atoms with Crippen LogP contribution in [0, 0.1) is 17.8 Å². The van der Waals surface area contributed by atoms with Crippen molar-refractivity contribution in [2.45, 2.75) is 50.9 Å². The molecule has 7 heteroatoms. The first-order valence-corrected chi connectivity index (χ1v) is 12.3. The van der Waals surface area contributed by atoms with E-state index in [-0.39, 0.29) is 0 Å². The molecule has 0 spiro atoms. The molecule has 1 saturated heterocycles. The van der Waals surface area contributed by atoms with E-state index in [1.807, 2.05) is 36.5 Å². The predicted molar refractivity (Wildman–Crippen MR) is 137 cm³/mol. The number of piperidine rings is 1. The van der Waals surface area contributed by atoms with Crippen LogP contribution in [0.25, 0.3) is 11.1 Å². The van der Waals surface area contributed by atoms with Gasteiger partial charge in [0.05, 0.1) is 12.2 Å². The van der Waals surface area contributed by atoms with Crippen molar-refractivity contribution < 1.29 is 9.84 Å². The van der Waals surface area contributed by atoms with E-state index in [2.05, 4.69) is 44.7 Å². The Bertz CT molecular complexity index is 1240. The molecule has 5 rings (SSSR count). The van der Waals surface area contributed by atoms with Gasteiger partial charge in [-0.3, -0.25) is 4.68 Å². The molecule has 1 aliphatic heterocycles. The molecule has 2 aliphatic rings. The Balaban J connectivity index is 1.26. The zero-order valence-corrected chi connectivity index (χ0v) is 20.4. The Labute approximate surface area is 206 Å². The van der Waals surface area contributed by atoms with Crippen LogP contribution in [-0.2, 0) is 6.61 Å². The number of anilines is 1. The molecule has 3 heterocycles. The van der Waals surface area contributed by atoms with Crippen molar-refractivity contribution in [3.8, 4) is 28.7 Å². The highest BCUT2D eigenvalue weighted by Crippen LogP contribution is 2.39. The summed E-state index contributed by atoms with van der Waals surface area (Å²) in [5.41, 5.74) is 8.95. The summed E-state index contributed by atoms with van der Waals surface area (Å²) in [5.74, 6) is 7.33. The van der Waals surface area contributed by atoms with Gasteiger partial charge < -0.3 is 20.5 Å². The third-order valence-electron chi connectivity index (χ3n) is 7.03. The van der Waals surface area contributed by atoms with E-state index in [0.717, 1.165) is 61.0 Å². The van der Waals surface area contributed by atoms with Gasteiger partial charge in [0.25, 0.3) is 0 Å². The second kappa shape index (κ2) is 9.73. The molecule has 1 saturated carbocycles. The SMILES string of the molecule is CN1CCC(n2cc(-c3cnc(N)c(OCc4cccc(C#CC(C)(O)C5CC5)c4)c3)cn2)CC1. The Morgan fingerprint density at radius 2 is 1.94 bits per heavy atom. The summed E-state index contributed by atoms with van der Waals surface area (Å²) in [6.45, 7) is 4.32. The molecule has 1 aromatic carbocycles. The molecule has 7 nitrogen and oxygen atoms in total. The van der Waals surface area contributed by atoms with Gasteiger partial charge >= 0.3 is 0 Å². The highest BCUT2D eigenvalue weighted by atomic mass is 16.5. The van der Waals surface area contributed by atoms with Gasteiger partial charge in [-0.05, 0) is 82.4 Å². The number of aliphatic hydroxyl groups is 1. The fourth-order valence-corrected chi connectivity index (χ4v) is 4.52. The van der Waals surface area contributed by atoms with Crippen LogP contribution in [-0.4, -0.2) is 50.5 Å². The third-order valence-corrected chi connectivity index (χ3v) is 7.03. The first-order valence-electron chi connectivity index (χ1n) is 12.3. The molecule has 1 unspecified atom stereocenters. The van der Waals surface area contributed by atoms with Crippen molar-refractivity contribution in [2.75, 3.05) is 25.9 Å². The van der Waals surface area contributed by atoms with Gasteiger partial charge in [-0.2, -0.15) is 5.10 Å². The van der Waals surface area contributed by atoms with Gasteiger partial charge in [-0.15, -0.1) is 0 Å². The maximum Gasteiger partial charge on any atom is 0.166 e. The van der Waals surface area contributed by atoms with Gasteiger partial charge in [0.2, 0.25) is 0 Å². The molecular formula is C28H33N5O2. The first-order chi connectivity index (χ1) is 16.9. The van der Waals surface area contributed by atoms with E-state index < -0.39 is 5.60 Å². The number of ether oxygens (including phenoxy) is 1. The molecule has 35 heavy (non-hydrogen) atoms. The molecule has 1 aliphatic carbocycles. The second-order valence-electron chi connectivity index (χ2n) is 10.0. The van der Waals surface area contributed by atoms with Gasteiger partial charge in [-0.1, -0.05) is 24.0 Å². The van der Waals surface area contributed by atoms with Crippen molar-refractivity contribution >= 4 is 5.82 Å². The Kier molecular flexibility index (Phi) is 6.50. The van der Waals surface area contributed by atoms with E-state index in [1.54, 1.807) is 13.1 Å². The summed E-state index contributed by atoms with van der Waals surface area (Å²) in [4.78, 5) is 6.71. The molecule has 0 radical (unpaired) electrons.